The lowest BCUT2D eigenvalue weighted by molar-refractivity contribution is -0.163. The van der Waals surface area contributed by atoms with Gasteiger partial charge in [-0.3, -0.25) is 9.59 Å². The Morgan fingerprint density at radius 2 is 2.04 bits per heavy atom. The summed E-state index contributed by atoms with van der Waals surface area (Å²) in [6.07, 6.45) is -0.204. The zero-order valence-electron chi connectivity index (χ0n) is 15.9. The van der Waals surface area contributed by atoms with E-state index in [1.165, 1.54) is 16.7 Å². The van der Waals surface area contributed by atoms with Gasteiger partial charge in [0.1, 0.15) is 5.70 Å². The second-order valence-electron chi connectivity index (χ2n) is 8.21. The Labute approximate surface area is 167 Å². The molecule has 28 heavy (non-hydrogen) atoms. The van der Waals surface area contributed by atoms with Gasteiger partial charge in [-0.2, -0.15) is 0 Å². The molecule has 4 aliphatic heterocycles. The number of hydrogen-bond donors (Lipinski definition) is 4. The van der Waals surface area contributed by atoms with Crippen LogP contribution in [0.2, 0.25) is 0 Å². The molecule has 0 bridgehead atoms. The van der Waals surface area contributed by atoms with Crippen molar-refractivity contribution in [1.29, 1.82) is 0 Å². The summed E-state index contributed by atoms with van der Waals surface area (Å²) in [4.78, 5) is 40.5. The summed E-state index contributed by atoms with van der Waals surface area (Å²) in [5.74, 6) is -2.12. The van der Waals surface area contributed by atoms with Gasteiger partial charge in [0.25, 0.3) is 0 Å². The quantitative estimate of drug-likeness (QED) is 0.414. The minimum absolute atomic E-state index is 0.0351. The van der Waals surface area contributed by atoms with E-state index in [1.54, 1.807) is 11.8 Å². The normalized spacial score (nSPS) is 36.3. The molecule has 0 spiro atoms. The monoisotopic (exact) mass is 410 g/mol. The fraction of sp³-hybridized carbons (Fsp3) is 0.722. The smallest absolute Gasteiger partial charge is 0.353 e. The van der Waals surface area contributed by atoms with Gasteiger partial charge in [0, 0.05) is 41.7 Å². The number of nitrogens with two attached hydrogens (primary N) is 1. The molecule has 0 saturated carbocycles. The van der Waals surface area contributed by atoms with Gasteiger partial charge in [-0.1, -0.05) is 6.92 Å². The molecule has 9 nitrogen and oxygen atoms in total. The first-order valence-electron chi connectivity index (χ1n) is 9.63. The van der Waals surface area contributed by atoms with Crippen molar-refractivity contribution in [1.82, 2.24) is 15.1 Å². The van der Waals surface area contributed by atoms with Gasteiger partial charge < -0.3 is 31.1 Å². The Morgan fingerprint density at radius 3 is 2.61 bits per heavy atom. The fourth-order valence-electron chi connectivity index (χ4n) is 4.75. The number of aliphatic hydroxyl groups excluding tert-OH is 1. The highest BCUT2D eigenvalue weighted by molar-refractivity contribution is 8.03. The molecule has 154 valence electrons. The molecule has 6 atom stereocenters. The first-order chi connectivity index (χ1) is 13.2. The van der Waals surface area contributed by atoms with E-state index in [2.05, 4.69) is 5.32 Å². The molecule has 0 aromatic heterocycles. The van der Waals surface area contributed by atoms with Gasteiger partial charge in [-0.25, -0.2) is 4.79 Å². The van der Waals surface area contributed by atoms with Crippen molar-refractivity contribution in [2.45, 2.75) is 49.7 Å². The lowest BCUT2D eigenvalue weighted by atomic mass is 9.79. The Bertz CT molecular complexity index is 750. The summed E-state index contributed by atoms with van der Waals surface area (Å²) in [6, 6.07) is -0.531. The number of aliphatic carboxylic acids is 1. The zero-order valence-corrected chi connectivity index (χ0v) is 16.7. The van der Waals surface area contributed by atoms with Crippen molar-refractivity contribution in [2.75, 3.05) is 19.6 Å². The van der Waals surface area contributed by atoms with E-state index >= 15 is 0 Å². The Kier molecular flexibility index (Phi) is 4.93. The van der Waals surface area contributed by atoms with Crippen molar-refractivity contribution >= 4 is 29.5 Å². The molecule has 1 unspecified atom stereocenters. The van der Waals surface area contributed by atoms with E-state index in [4.69, 9.17) is 5.73 Å². The third-order valence-electron chi connectivity index (χ3n) is 6.21. The molecule has 3 saturated heterocycles. The molecule has 0 radical (unpaired) electrons. The first kappa shape index (κ1) is 19.7. The number of nitrogens with zero attached hydrogens (tertiary/aromatic N) is 2. The van der Waals surface area contributed by atoms with Crippen LogP contribution in [0.5, 0.6) is 0 Å². The molecular formula is C18H26N4O5S. The number of carboxylic acids is 1. The van der Waals surface area contributed by atoms with Crippen LogP contribution >= 0.6 is 11.8 Å². The third kappa shape index (κ3) is 2.94. The maximum atomic E-state index is 12.5. The van der Waals surface area contributed by atoms with E-state index < -0.39 is 18.0 Å². The highest BCUT2D eigenvalue weighted by Crippen LogP contribution is 2.51. The maximum absolute atomic E-state index is 12.5. The van der Waals surface area contributed by atoms with Crippen LogP contribution < -0.4 is 11.1 Å². The number of hydrogen-bond acceptors (Lipinski definition) is 7. The van der Waals surface area contributed by atoms with Crippen LogP contribution in [0.25, 0.3) is 0 Å². The van der Waals surface area contributed by atoms with Crippen molar-refractivity contribution < 1.29 is 24.6 Å². The molecule has 4 heterocycles. The van der Waals surface area contributed by atoms with E-state index in [1.807, 2.05) is 6.92 Å². The van der Waals surface area contributed by atoms with Gasteiger partial charge in [-0.05, 0) is 13.3 Å². The molecule has 2 amide bonds. The second kappa shape index (κ2) is 7.01. The highest BCUT2D eigenvalue weighted by Gasteiger charge is 2.60. The number of thioether (sulfide) groups is 1. The lowest BCUT2D eigenvalue weighted by Gasteiger charge is -2.46. The third-order valence-corrected chi connectivity index (χ3v) is 7.73. The average molecular weight is 410 g/mol. The van der Waals surface area contributed by atoms with Crippen LogP contribution in [0.15, 0.2) is 10.6 Å². The molecule has 0 aromatic rings. The van der Waals surface area contributed by atoms with E-state index in [0.29, 0.717) is 31.0 Å². The predicted octanol–water partition coefficient (Wildman–Crippen LogP) is -1.23. The van der Waals surface area contributed by atoms with Crippen molar-refractivity contribution in [2.24, 2.45) is 17.6 Å². The van der Waals surface area contributed by atoms with E-state index in [0.717, 1.165) is 0 Å². The number of likely N-dealkylation sites (tertiary alicyclic amines) is 1. The second-order valence-corrected chi connectivity index (χ2v) is 9.55. The summed E-state index contributed by atoms with van der Waals surface area (Å²) in [5, 5.41) is 22.9. The van der Waals surface area contributed by atoms with Crippen LogP contribution in [-0.4, -0.2) is 86.9 Å². The minimum Gasteiger partial charge on any atom is -0.477 e. The number of rotatable bonds is 5. The van der Waals surface area contributed by atoms with E-state index in [-0.39, 0.29) is 46.8 Å². The maximum Gasteiger partial charge on any atom is 0.353 e. The van der Waals surface area contributed by atoms with Crippen LogP contribution in [-0.2, 0) is 14.4 Å². The number of fused-ring (bicyclic) bond motifs is 1. The van der Waals surface area contributed by atoms with Gasteiger partial charge in [0.05, 0.1) is 24.1 Å². The molecule has 5 N–H and O–H groups in total. The minimum atomic E-state index is -1.12. The number of carboxylic acid groups (broad SMARTS) is 1. The number of β-lactam (4-membered cyclic amide) rings is 1. The summed E-state index contributed by atoms with van der Waals surface area (Å²) in [6.45, 7) is 5.24. The SMILES string of the molecule is CC(O)[C@H]1C(=O)N2C(C(=O)O)=C(S[C@@H]3CN[C@H](C(=O)N4CC(N)C4)C3)[C@H](C)[C@H]12. The molecule has 4 aliphatic rings. The fourth-order valence-corrected chi connectivity index (χ4v) is 6.23. The number of aliphatic hydroxyl groups is 1. The van der Waals surface area contributed by atoms with E-state index in [9.17, 15) is 24.6 Å². The van der Waals surface area contributed by atoms with Gasteiger partial charge >= 0.3 is 5.97 Å². The molecular weight excluding hydrogens is 384 g/mol. The molecule has 0 aromatic carbocycles. The molecule has 10 heteroatoms. The lowest BCUT2D eigenvalue weighted by Crippen LogP contribution is -2.63. The summed E-state index contributed by atoms with van der Waals surface area (Å²) >= 11 is 1.45. The Morgan fingerprint density at radius 1 is 1.36 bits per heavy atom. The van der Waals surface area contributed by atoms with Crippen molar-refractivity contribution in [3.05, 3.63) is 10.6 Å². The first-order valence-corrected chi connectivity index (χ1v) is 10.5. The topological polar surface area (TPSA) is 136 Å². The van der Waals surface area contributed by atoms with Gasteiger partial charge in [0.2, 0.25) is 11.8 Å². The Balaban J connectivity index is 1.46. The van der Waals surface area contributed by atoms with Crippen LogP contribution in [0, 0.1) is 11.8 Å². The number of nitrogens with one attached hydrogen (secondary N) is 1. The Hall–Kier alpha value is -1.62. The van der Waals surface area contributed by atoms with Crippen LogP contribution in [0.4, 0.5) is 0 Å². The average Bonchev–Trinajstić information content (AvgIpc) is 3.14. The molecule has 4 rings (SSSR count). The highest BCUT2D eigenvalue weighted by atomic mass is 32.2. The summed E-state index contributed by atoms with van der Waals surface area (Å²) in [5.41, 5.74) is 5.78. The van der Waals surface area contributed by atoms with Crippen LogP contribution in [0.1, 0.15) is 20.3 Å². The van der Waals surface area contributed by atoms with Gasteiger partial charge in [-0.15, -0.1) is 11.8 Å². The number of carbonyl (C=O) groups is 3. The predicted molar refractivity (Wildman–Crippen MR) is 102 cm³/mol. The van der Waals surface area contributed by atoms with Crippen molar-refractivity contribution in [3.8, 4) is 0 Å². The van der Waals surface area contributed by atoms with Crippen molar-refractivity contribution in [3.63, 3.8) is 0 Å². The largest absolute Gasteiger partial charge is 0.477 e. The standard InChI is InChI=1S/C18H26N4O5S/c1-7-13-12(8(2)23)17(25)22(13)14(18(26)27)15(7)28-10-3-11(20-4-10)16(24)21-5-9(19)6-21/h7-13,20,23H,3-6,19H2,1-2H3,(H,26,27)/t7-,8?,10+,11+,12-,13-/m1/s1. The van der Waals surface area contributed by atoms with Gasteiger partial charge in [0.15, 0.2) is 0 Å². The summed E-state index contributed by atoms with van der Waals surface area (Å²) in [7, 11) is 0. The van der Waals surface area contributed by atoms with Crippen LogP contribution in [0.3, 0.4) is 0 Å². The summed E-state index contributed by atoms with van der Waals surface area (Å²) < 4.78 is 0. The molecule has 3 fully saturated rings. The number of carbonyl (C=O) groups excluding carboxylic acids is 2. The number of amides is 2. The molecule has 0 aliphatic carbocycles. The zero-order chi connectivity index (χ0) is 20.3.